The van der Waals surface area contributed by atoms with Crippen molar-refractivity contribution in [3.05, 3.63) is 48.1 Å². The zero-order valence-electron chi connectivity index (χ0n) is 10.6. The van der Waals surface area contributed by atoms with E-state index in [2.05, 4.69) is 6.58 Å². The van der Waals surface area contributed by atoms with E-state index in [1.54, 1.807) is 19.3 Å². The molecule has 0 saturated carbocycles. The highest BCUT2D eigenvalue weighted by Gasteiger charge is 2.02. The molecule has 0 amide bonds. The molecule has 88 valence electrons. The summed E-state index contributed by atoms with van der Waals surface area (Å²) in [7, 11) is 1.64. The molecule has 1 rings (SSSR count). The summed E-state index contributed by atoms with van der Waals surface area (Å²) in [6, 6.07) is 5.82. The lowest BCUT2D eigenvalue weighted by Crippen LogP contribution is -1.99. The fourth-order valence-corrected chi connectivity index (χ4v) is 1.26. The molecule has 0 atom stereocenters. The molecule has 0 unspecified atom stereocenters. The second-order valence-electron chi connectivity index (χ2n) is 3.04. The number of hydrogen-bond acceptors (Lipinski definition) is 2. The Kier molecular flexibility index (Phi) is 6.77. The van der Waals surface area contributed by atoms with Crippen molar-refractivity contribution in [2.75, 3.05) is 7.11 Å². The maximum atomic E-state index is 5.86. The molecule has 0 bridgehead atoms. The molecule has 0 aliphatic carbocycles. The molecule has 1 aromatic rings. The molecule has 0 saturated heterocycles. The van der Waals surface area contributed by atoms with E-state index < -0.39 is 0 Å². The first-order chi connectivity index (χ1) is 7.69. The second-order valence-corrected chi connectivity index (χ2v) is 3.04. The second kappa shape index (κ2) is 7.57. The number of aryl methyl sites for hydroxylation is 1. The molecule has 2 nitrogen and oxygen atoms in total. The van der Waals surface area contributed by atoms with Crippen LogP contribution in [0.1, 0.15) is 25.0 Å². The summed E-state index contributed by atoms with van der Waals surface area (Å²) < 4.78 is 5.13. The van der Waals surface area contributed by atoms with E-state index in [0.29, 0.717) is 5.70 Å². The SMILES string of the molecule is C=C/C=C(/N)c1cc(OC)ccc1C.CC. The zero-order chi connectivity index (χ0) is 12.6. The first-order valence-electron chi connectivity index (χ1n) is 5.42. The van der Waals surface area contributed by atoms with Crippen LogP contribution in [0.2, 0.25) is 0 Å². The van der Waals surface area contributed by atoms with E-state index in [4.69, 9.17) is 10.5 Å². The summed E-state index contributed by atoms with van der Waals surface area (Å²) >= 11 is 0. The van der Waals surface area contributed by atoms with Gasteiger partial charge in [0.15, 0.2) is 0 Å². The largest absolute Gasteiger partial charge is 0.497 e. The molecule has 0 aliphatic rings. The first-order valence-corrected chi connectivity index (χ1v) is 5.42. The van der Waals surface area contributed by atoms with Gasteiger partial charge >= 0.3 is 0 Å². The van der Waals surface area contributed by atoms with Crippen molar-refractivity contribution < 1.29 is 4.74 Å². The minimum Gasteiger partial charge on any atom is -0.497 e. The lowest BCUT2D eigenvalue weighted by molar-refractivity contribution is 0.414. The van der Waals surface area contributed by atoms with Gasteiger partial charge in [-0.25, -0.2) is 0 Å². The van der Waals surface area contributed by atoms with Gasteiger partial charge in [-0.2, -0.15) is 0 Å². The third-order valence-electron chi connectivity index (χ3n) is 2.05. The van der Waals surface area contributed by atoms with Gasteiger partial charge in [0, 0.05) is 11.3 Å². The number of allylic oxidation sites excluding steroid dienone is 2. The van der Waals surface area contributed by atoms with Crippen molar-refractivity contribution in [1.29, 1.82) is 0 Å². The van der Waals surface area contributed by atoms with Crippen LogP contribution in [-0.4, -0.2) is 7.11 Å². The zero-order valence-corrected chi connectivity index (χ0v) is 10.6. The molecule has 0 aromatic heterocycles. The molecule has 0 heterocycles. The van der Waals surface area contributed by atoms with E-state index >= 15 is 0 Å². The van der Waals surface area contributed by atoms with Crippen LogP contribution in [-0.2, 0) is 0 Å². The number of nitrogens with two attached hydrogens (primary N) is 1. The van der Waals surface area contributed by atoms with Crippen LogP contribution in [0, 0.1) is 6.92 Å². The van der Waals surface area contributed by atoms with Gasteiger partial charge in [0.1, 0.15) is 5.75 Å². The number of ether oxygens (including phenoxy) is 1. The molecular weight excluding hydrogens is 198 g/mol. The molecule has 0 radical (unpaired) electrons. The minimum atomic E-state index is 0.705. The molecule has 2 heteroatoms. The summed E-state index contributed by atoms with van der Waals surface area (Å²) in [6.07, 6.45) is 3.45. The fourth-order valence-electron chi connectivity index (χ4n) is 1.26. The third kappa shape index (κ3) is 3.81. The average molecular weight is 219 g/mol. The van der Waals surface area contributed by atoms with Crippen molar-refractivity contribution in [1.82, 2.24) is 0 Å². The van der Waals surface area contributed by atoms with Gasteiger partial charge in [-0.15, -0.1) is 0 Å². The van der Waals surface area contributed by atoms with Crippen LogP contribution in [0.25, 0.3) is 5.70 Å². The molecule has 0 spiro atoms. The minimum absolute atomic E-state index is 0.705. The Morgan fingerprint density at radius 1 is 1.38 bits per heavy atom. The number of hydrogen-bond donors (Lipinski definition) is 1. The summed E-state index contributed by atoms with van der Waals surface area (Å²) in [5.74, 6) is 0.811. The Bertz CT molecular complexity index is 367. The molecule has 1 aromatic carbocycles. The van der Waals surface area contributed by atoms with Gasteiger partial charge in [-0.1, -0.05) is 32.6 Å². The molecule has 16 heavy (non-hydrogen) atoms. The Hall–Kier alpha value is -1.70. The predicted molar refractivity (Wildman–Crippen MR) is 71.4 cm³/mol. The van der Waals surface area contributed by atoms with Crippen molar-refractivity contribution >= 4 is 5.70 Å². The number of benzene rings is 1. The Morgan fingerprint density at radius 3 is 2.50 bits per heavy atom. The highest BCUT2D eigenvalue weighted by Crippen LogP contribution is 2.21. The lowest BCUT2D eigenvalue weighted by atomic mass is 10.1. The smallest absolute Gasteiger partial charge is 0.119 e. The van der Waals surface area contributed by atoms with E-state index in [9.17, 15) is 0 Å². The van der Waals surface area contributed by atoms with Crippen molar-refractivity contribution in [3.8, 4) is 5.75 Å². The summed E-state index contributed by atoms with van der Waals surface area (Å²) in [4.78, 5) is 0. The summed E-state index contributed by atoms with van der Waals surface area (Å²) in [6.45, 7) is 9.62. The van der Waals surface area contributed by atoms with Gasteiger partial charge in [0.2, 0.25) is 0 Å². The Balaban J connectivity index is 0.00000106. The van der Waals surface area contributed by atoms with Gasteiger partial charge in [0.05, 0.1) is 7.11 Å². The Morgan fingerprint density at radius 2 is 2.00 bits per heavy atom. The van der Waals surface area contributed by atoms with E-state index in [-0.39, 0.29) is 0 Å². The standard InChI is InChI=1S/C12H15NO.C2H6/c1-4-5-12(13)11-8-10(14-3)7-6-9(11)2;1-2/h4-8H,1,13H2,2-3H3;1-2H3/b12-5+;. The van der Waals surface area contributed by atoms with Crippen LogP contribution in [0.5, 0.6) is 5.75 Å². The van der Waals surface area contributed by atoms with Gasteiger partial charge in [-0.3, -0.25) is 0 Å². The average Bonchev–Trinajstić information content (AvgIpc) is 2.32. The quantitative estimate of drug-likeness (QED) is 0.789. The van der Waals surface area contributed by atoms with E-state index in [1.165, 1.54) is 0 Å². The number of methoxy groups -OCH3 is 1. The van der Waals surface area contributed by atoms with Gasteiger partial charge < -0.3 is 10.5 Å². The van der Waals surface area contributed by atoms with Crippen LogP contribution in [0.4, 0.5) is 0 Å². The Labute approximate surface area is 98.4 Å². The fraction of sp³-hybridized carbons (Fsp3) is 0.286. The molecular formula is C14H21NO. The van der Waals surface area contributed by atoms with E-state index in [1.807, 2.05) is 39.0 Å². The van der Waals surface area contributed by atoms with Gasteiger partial charge in [0.25, 0.3) is 0 Å². The highest BCUT2D eigenvalue weighted by molar-refractivity contribution is 5.67. The topological polar surface area (TPSA) is 35.2 Å². The summed E-state index contributed by atoms with van der Waals surface area (Å²) in [5, 5.41) is 0. The maximum absolute atomic E-state index is 5.86. The predicted octanol–water partition coefficient (Wildman–Crippen LogP) is 3.52. The van der Waals surface area contributed by atoms with Crippen molar-refractivity contribution in [3.63, 3.8) is 0 Å². The van der Waals surface area contributed by atoms with Crippen LogP contribution in [0.3, 0.4) is 0 Å². The van der Waals surface area contributed by atoms with Crippen molar-refractivity contribution in [2.45, 2.75) is 20.8 Å². The maximum Gasteiger partial charge on any atom is 0.119 e. The van der Waals surface area contributed by atoms with Crippen molar-refractivity contribution in [2.24, 2.45) is 5.73 Å². The highest BCUT2D eigenvalue weighted by atomic mass is 16.5. The van der Waals surface area contributed by atoms with E-state index in [0.717, 1.165) is 16.9 Å². The third-order valence-corrected chi connectivity index (χ3v) is 2.05. The van der Waals surface area contributed by atoms with Crippen LogP contribution in [0.15, 0.2) is 36.9 Å². The monoisotopic (exact) mass is 219 g/mol. The first kappa shape index (κ1) is 14.3. The molecule has 0 aliphatic heterocycles. The van der Waals surface area contributed by atoms with Crippen LogP contribution >= 0.6 is 0 Å². The lowest BCUT2D eigenvalue weighted by Gasteiger charge is -2.08. The van der Waals surface area contributed by atoms with Gasteiger partial charge in [-0.05, 0) is 30.7 Å². The number of rotatable bonds is 3. The summed E-state index contributed by atoms with van der Waals surface area (Å²) in [5.41, 5.74) is 8.69. The normalized spacial score (nSPS) is 10.1. The molecule has 2 N–H and O–H groups in total. The van der Waals surface area contributed by atoms with Crippen LogP contribution < -0.4 is 10.5 Å². The molecule has 0 fully saturated rings.